The second-order valence-corrected chi connectivity index (χ2v) is 3.06. The lowest BCUT2D eigenvalue weighted by atomic mass is 10.1. The average molecular weight is 211 g/mol. The van der Waals surface area contributed by atoms with Crippen LogP contribution in [0.1, 0.15) is 33.1 Å². The predicted molar refractivity (Wildman–Crippen MR) is 51.2 cm³/mol. The van der Waals surface area contributed by atoms with E-state index in [1.807, 2.05) is 0 Å². The summed E-state index contributed by atoms with van der Waals surface area (Å²) < 4.78 is 28.8. The Kier molecular flexibility index (Phi) is 9.98. The molecule has 1 unspecified atom stereocenters. The minimum atomic E-state index is -2.51. The number of carbonyl (C=O) groups is 1. The molecular formula is C9H19F2NO2. The zero-order valence-electron chi connectivity index (χ0n) is 8.93. The summed E-state index contributed by atoms with van der Waals surface area (Å²) >= 11 is 0. The van der Waals surface area contributed by atoms with Gasteiger partial charge in [-0.3, -0.25) is 4.79 Å². The van der Waals surface area contributed by atoms with Gasteiger partial charge in [0.1, 0.15) is 0 Å². The van der Waals surface area contributed by atoms with E-state index in [-0.39, 0.29) is 18.9 Å². The van der Waals surface area contributed by atoms with Crippen molar-refractivity contribution in [2.45, 2.75) is 45.1 Å². The van der Waals surface area contributed by atoms with Crippen molar-refractivity contribution in [2.24, 2.45) is 5.73 Å². The van der Waals surface area contributed by atoms with Gasteiger partial charge >= 0.3 is 0 Å². The van der Waals surface area contributed by atoms with Crippen molar-refractivity contribution < 1.29 is 18.3 Å². The molecule has 1 atom stereocenters. The molecule has 0 amide bonds. The third-order valence-electron chi connectivity index (χ3n) is 1.58. The quantitative estimate of drug-likeness (QED) is 0.707. The van der Waals surface area contributed by atoms with Crippen LogP contribution in [0.5, 0.6) is 0 Å². The van der Waals surface area contributed by atoms with Gasteiger partial charge in [-0.05, 0) is 13.3 Å². The SMILES string of the molecule is CCC(F)(F)CCC(C)N.COC=O. The first-order chi connectivity index (χ1) is 6.39. The predicted octanol–water partition coefficient (Wildman–Crippen LogP) is 1.95. The molecule has 0 aliphatic rings. The van der Waals surface area contributed by atoms with Crippen LogP contribution in [0.4, 0.5) is 8.78 Å². The number of nitrogens with two attached hydrogens (primary N) is 1. The number of carbonyl (C=O) groups excluding carboxylic acids is 1. The third-order valence-corrected chi connectivity index (χ3v) is 1.58. The van der Waals surface area contributed by atoms with Gasteiger partial charge in [0, 0.05) is 18.9 Å². The van der Waals surface area contributed by atoms with E-state index in [2.05, 4.69) is 4.74 Å². The number of hydrogen-bond acceptors (Lipinski definition) is 3. The Balaban J connectivity index is 0. The molecule has 3 nitrogen and oxygen atoms in total. The van der Waals surface area contributed by atoms with Crippen molar-refractivity contribution in [3.8, 4) is 0 Å². The molecule has 0 saturated carbocycles. The Morgan fingerprint density at radius 2 is 2.00 bits per heavy atom. The number of rotatable bonds is 5. The Labute approximate surface area is 83.6 Å². The molecule has 5 heteroatoms. The minimum absolute atomic E-state index is 0.0822. The summed E-state index contributed by atoms with van der Waals surface area (Å²) in [7, 11) is 1.31. The van der Waals surface area contributed by atoms with Gasteiger partial charge < -0.3 is 10.5 Å². The fourth-order valence-corrected chi connectivity index (χ4v) is 0.616. The van der Waals surface area contributed by atoms with Crippen molar-refractivity contribution in [1.29, 1.82) is 0 Å². The number of alkyl halides is 2. The Bertz CT molecular complexity index is 141. The molecule has 0 aromatic carbocycles. The summed E-state index contributed by atoms with van der Waals surface area (Å²) in [5, 5.41) is 0. The first kappa shape index (κ1) is 15.7. The highest BCUT2D eigenvalue weighted by atomic mass is 19.3. The minimum Gasteiger partial charge on any atom is -0.471 e. The van der Waals surface area contributed by atoms with Gasteiger partial charge in [0.05, 0.1) is 7.11 Å². The molecule has 0 aliphatic heterocycles. The van der Waals surface area contributed by atoms with Crippen LogP contribution in [0.15, 0.2) is 0 Å². The van der Waals surface area contributed by atoms with Gasteiger partial charge in [-0.15, -0.1) is 0 Å². The molecule has 0 spiro atoms. The molecule has 0 heterocycles. The van der Waals surface area contributed by atoms with E-state index in [0.29, 0.717) is 12.9 Å². The van der Waals surface area contributed by atoms with E-state index in [4.69, 9.17) is 10.5 Å². The molecular weight excluding hydrogens is 192 g/mol. The molecule has 0 aliphatic carbocycles. The maximum atomic E-state index is 12.5. The van der Waals surface area contributed by atoms with Crippen LogP contribution < -0.4 is 5.73 Å². The molecule has 0 aromatic heterocycles. The molecule has 0 bridgehead atoms. The van der Waals surface area contributed by atoms with Crippen LogP contribution in [0.3, 0.4) is 0 Å². The largest absolute Gasteiger partial charge is 0.471 e. The van der Waals surface area contributed by atoms with Crippen molar-refractivity contribution in [1.82, 2.24) is 0 Å². The third kappa shape index (κ3) is 13.9. The lowest BCUT2D eigenvalue weighted by Crippen LogP contribution is -2.21. The van der Waals surface area contributed by atoms with E-state index < -0.39 is 5.92 Å². The Hall–Kier alpha value is -0.710. The highest BCUT2D eigenvalue weighted by Crippen LogP contribution is 2.24. The second kappa shape index (κ2) is 8.87. The van der Waals surface area contributed by atoms with Crippen LogP contribution >= 0.6 is 0 Å². The standard InChI is InChI=1S/C7H15F2N.C2H4O2/c1-3-7(8,9)5-4-6(2)10;1-4-2-3/h6H,3-5,10H2,1-2H3;2H,1H3. The average Bonchev–Trinajstić information content (AvgIpc) is 2.15. The van der Waals surface area contributed by atoms with E-state index in [0.717, 1.165) is 0 Å². The molecule has 0 radical (unpaired) electrons. The molecule has 0 saturated heterocycles. The van der Waals surface area contributed by atoms with Gasteiger partial charge in [-0.2, -0.15) is 0 Å². The smallest absolute Gasteiger partial charge is 0.292 e. The van der Waals surface area contributed by atoms with Gasteiger partial charge in [0.25, 0.3) is 6.47 Å². The van der Waals surface area contributed by atoms with Crippen LogP contribution in [0.2, 0.25) is 0 Å². The lowest BCUT2D eigenvalue weighted by Gasteiger charge is -2.14. The number of ether oxygens (including phenoxy) is 1. The highest BCUT2D eigenvalue weighted by Gasteiger charge is 2.25. The van der Waals surface area contributed by atoms with Crippen molar-refractivity contribution in [3.63, 3.8) is 0 Å². The Morgan fingerprint density at radius 1 is 1.57 bits per heavy atom. The first-order valence-corrected chi connectivity index (χ1v) is 4.49. The van der Waals surface area contributed by atoms with Gasteiger partial charge in [-0.1, -0.05) is 6.92 Å². The van der Waals surface area contributed by atoms with Crippen molar-refractivity contribution in [2.75, 3.05) is 7.11 Å². The Morgan fingerprint density at radius 3 is 2.21 bits per heavy atom. The second-order valence-electron chi connectivity index (χ2n) is 3.06. The van der Waals surface area contributed by atoms with Gasteiger partial charge in [0.2, 0.25) is 5.92 Å². The summed E-state index contributed by atoms with van der Waals surface area (Å²) in [4.78, 5) is 8.95. The normalized spacial score (nSPS) is 12.4. The topological polar surface area (TPSA) is 52.3 Å². The van der Waals surface area contributed by atoms with E-state index >= 15 is 0 Å². The number of halogens is 2. The fourth-order valence-electron chi connectivity index (χ4n) is 0.616. The zero-order valence-corrected chi connectivity index (χ0v) is 8.93. The molecule has 14 heavy (non-hydrogen) atoms. The number of methoxy groups -OCH3 is 1. The monoisotopic (exact) mass is 211 g/mol. The zero-order chi connectivity index (χ0) is 11.6. The van der Waals surface area contributed by atoms with Gasteiger partial charge in [-0.25, -0.2) is 8.78 Å². The van der Waals surface area contributed by atoms with Gasteiger partial charge in [0.15, 0.2) is 0 Å². The molecule has 2 N–H and O–H groups in total. The highest BCUT2D eigenvalue weighted by molar-refractivity contribution is 5.36. The maximum Gasteiger partial charge on any atom is 0.292 e. The van der Waals surface area contributed by atoms with Crippen LogP contribution in [-0.2, 0) is 9.53 Å². The summed E-state index contributed by atoms with van der Waals surface area (Å²) in [5.41, 5.74) is 5.32. The molecule has 86 valence electrons. The maximum absolute atomic E-state index is 12.5. The summed E-state index contributed by atoms with van der Waals surface area (Å²) in [6.45, 7) is 3.60. The lowest BCUT2D eigenvalue weighted by molar-refractivity contribution is -0.126. The fraction of sp³-hybridized carbons (Fsp3) is 0.889. The molecule has 0 aromatic rings. The summed E-state index contributed by atoms with van der Waals surface area (Å²) in [5.74, 6) is -2.51. The van der Waals surface area contributed by atoms with Crippen LogP contribution in [-0.4, -0.2) is 25.5 Å². The van der Waals surface area contributed by atoms with Crippen molar-refractivity contribution in [3.05, 3.63) is 0 Å². The van der Waals surface area contributed by atoms with Crippen LogP contribution in [0, 0.1) is 0 Å². The van der Waals surface area contributed by atoms with E-state index in [1.165, 1.54) is 14.0 Å². The summed E-state index contributed by atoms with van der Waals surface area (Å²) in [6, 6.07) is -0.113. The van der Waals surface area contributed by atoms with Crippen LogP contribution in [0.25, 0.3) is 0 Å². The van der Waals surface area contributed by atoms with E-state index in [9.17, 15) is 8.78 Å². The number of hydrogen-bond donors (Lipinski definition) is 1. The summed E-state index contributed by atoms with van der Waals surface area (Å²) in [6.07, 6.45) is 0.238. The molecule has 0 fully saturated rings. The first-order valence-electron chi connectivity index (χ1n) is 4.49. The molecule has 0 rings (SSSR count). The van der Waals surface area contributed by atoms with Crippen molar-refractivity contribution >= 4 is 6.47 Å². The van der Waals surface area contributed by atoms with E-state index in [1.54, 1.807) is 6.92 Å².